The first-order valence-electron chi connectivity index (χ1n) is 16.4. The molecule has 0 saturated carbocycles. The molecule has 0 spiro atoms. The van der Waals surface area contributed by atoms with Gasteiger partial charge >= 0.3 is 11.9 Å². The maximum absolute atomic E-state index is 13.9. The van der Waals surface area contributed by atoms with Crippen molar-refractivity contribution in [2.45, 2.75) is 128 Å². The zero-order valence-corrected chi connectivity index (χ0v) is 28.5. The molecule has 15 heteroatoms. The van der Waals surface area contributed by atoms with Crippen LogP contribution in [0.1, 0.15) is 92.9 Å². The third-order valence-electron chi connectivity index (χ3n) is 8.29. The maximum atomic E-state index is 13.9. The number of Topliss-reactive ketones (excluding diaryl/α,β-unsaturated/α-hetero) is 1. The Morgan fingerprint density at radius 1 is 1.00 bits per heavy atom. The molecule has 0 aromatic rings. The van der Waals surface area contributed by atoms with E-state index in [0.717, 1.165) is 0 Å². The van der Waals surface area contributed by atoms with Crippen LogP contribution < -0.4 is 16.0 Å². The lowest BCUT2D eigenvalue weighted by atomic mass is 9.77. The van der Waals surface area contributed by atoms with Crippen LogP contribution in [-0.4, -0.2) is 109 Å². The molecular weight excluding hydrogens is 611 g/mol. The molecule has 0 aromatic carbocycles. The van der Waals surface area contributed by atoms with Gasteiger partial charge in [0.15, 0.2) is 5.78 Å². The molecule has 262 valence electrons. The monoisotopic (exact) mass is 662 g/mol. The zero-order chi connectivity index (χ0) is 35.5. The van der Waals surface area contributed by atoms with Crippen molar-refractivity contribution in [1.29, 1.82) is 0 Å². The Morgan fingerprint density at radius 3 is 2.30 bits per heavy atom. The number of fused-ring (bicyclic) bond motifs is 1. The minimum absolute atomic E-state index is 0.0486. The third-order valence-corrected chi connectivity index (χ3v) is 8.29. The van der Waals surface area contributed by atoms with Gasteiger partial charge in [0, 0.05) is 31.2 Å². The first-order chi connectivity index (χ1) is 21.9. The maximum Gasteiger partial charge on any atom is 0.329 e. The van der Waals surface area contributed by atoms with Gasteiger partial charge in [-0.3, -0.25) is 28.8 Å². The highest BCUT2D eigenvalue weighted by Crippen LogP contribution is 2.38. The molecule has 2 aliphatic rings. The van der Waals surface area contributed by atoms with Gasteiger partial charge < -0.3 is 35.4 Å². The van der Waals surface area contributed by atoms with Crippen molar-refractivity contribution in [2.24, 2.45) is 11.8 Å². The van der Waals surface area contributed by atoms with Crippen LogP contribution in [0.25, 0.3) is 0 Å². The molecule has 0 aromatic heterocycles. The van der Waals surface area contributed by atoms with Crippen molar-refractivity contribution in [3.8, 4) is 0 Å². The number of rotatable bonds is 18. The Kier molecular flexibility index (Phi) is 15.3. The standard InChI is InChI=1S/C32H51BN4O10/c1-18(2)22-15-20-10-12-24(30(44)35-19(3)28(42)34-14-8-7-9-21(38)16-46-17-25(39)40)37(20)31(45)27(22)36-29(43)23(33)11-13-26(41)47-32(4,5)6/h18-20,22-24,27H,7-17H2,1-6H3,(H,34,42)(H,35,44)(H,36,43)(H,39,40)/t19?,20?,22?,23?,24-,27-/m0/s1. The number of nitrogens with one attached hydrogen (secondary N) is 3. The normalized spacial score (nSPS) is 22.2. The number of ketones is 1. The summed E-state index contributed by atoms with van der Waals surface area (Å²) in [6, 6.07) is -2.75. The minimum atomic E-state index is -1.15. The summed E-state index contributed by atoms with van der Waals surface area (Å²) < 4.78 is 10.0. The van der Waals surface area contributed by atoms with Crippen molar-refractivity contribution in [3.63, 3.8) is 0 Å². The smallest absolute Gasteiger partial charge is 0.329 e. The summed E-state index contributed by atoms with van der Waals surface area (Å²) in [6.07, 6.45) is 2.78. The summed E-state index contributed by atoms with van der Waals surface area (Å²) >= 11 is 0. The Hall–Kier alpha value is -3.49. The van der Waals surface area contributed by atoms with Gasteiger partial charge in [0.1, 0.15) is 36.9 Å². The van der Waals surface area contributed by atoms with E-state index >= 15 is 0 Å². The van der Waals surface area contributed by atoms with E-state index in [0.29, 0.717) is 32.1 Å². The molecule has 2 heterocycles. The molecule has 0 bridgehead atoms. The highest BCUT2D eigenvalue weighted by atomic mass is 16.6. The Bertz CT molecular complexity index is 1160. The lowest BCUT2D eigenvalue weighted by Crippen LogP contribution is -2.63. The fraction of sp³-hybridized carbons (Fsp3) is 0.781. The van der Waals surface area contributed by atoms with Gasteiger partial charge in [0.2, 0.25) is 23.6 Å². The number of ether oxygens (including phenoxy) is 2. The minimum Gasteiger partial charge on any atom is -0.480 e. The van der Waals surface area contributed by atoms with Gasteiger partial charge in [0.25, 0.3) is 0 Å². The van der Waals surface area contributed by atoms with Crippen molar-refractivity contribution in [2.75, 3.05) is 19.8 Å². The van der Waals surface area contributed by atoms with E-state index in [1.807, 2.05) is 13.8 Å². The molecule has 4 unspecified atom stereocenters. The molecule has 2 saturated heterocycles. The van der Waals surface area contributed by atoms with Crippen molar-refractivity contribution in [3.05, 3.63) is 0 Å². The molecule has 14 nitrogen and oxygen atoms in total. The quantitative estimate of drug-likeness (QED) is 0.0935. The molecular formula is C32H51BN4O10. The van der Waals surface area contributed by atoms with Gasteiger partial charge in [-0.05, 0) is 78.1 Å². The summed E-state index contributed by atoms with van der Waals surface area (Å²) in [6.45, 7) is 10.2. The first kappa shape index (κ1) is 39.7. The summed E-state index contributed by atoms with van der Waals surface area (Å²) in [5.41, 5.74) is -0.661. The number of aliphatic carboxylic acids is 1. The lowest BCUT2D eigenvalue weighted by molar-refractivity contribution is -0.155. The largest absolute Gasteiger partial charge is 0.480 e. The van der Waals surface area contributed by atoms with E-state index in [4.69, 9.17) is 22.4 Å². The number of esters is 1. The number of carbonyl (C=O) groups excluding carboxylic acids is 6. The molecule has 2 aliphatic heterocycles. The van der Waals surface area contributed by atoms with Crippen molar-refractivity contribution in [1.82, 2.24) is 20.9 Å². The molecule has 4 N–H and O–H groups in total. The summed E-state index contributed by atoms with van der Waals surface area (Å²) in [5.74, 6) is -4.81. The van der Waals surface area contributed by atoms with Crippen LogP contribution in [0.5, 0.6) is 0 Å². The summed E-state index contributed by atoms with van der Waals surface area (Å²) in [7, 11) is 6.09. The fourth-order valence-electron chi connectivity index (χ4n) is 5.89. The van der Waals surface area contributed by atoms with E-state index in [1.54, 1.807) is 20.8 Å². The second-order valence-corrected chi connectivity index (χ2v) is 13.8. The molecule has 0 aliphatic carbocycles. The number of nitrogens with zero attached hydrogens (tertiary/aromatic N) is 1. The Labute approximate surface area is 278 Å². The Balaban J connectivity index is 1.90. The topological polar surface area (TPSA) is 198 Å². The highest BCUT2D eigenvalue weighted by molar-refractivity contribution is 6.24. The number of hydrogen-bond acceptors (Lipinski definition) is 9. The number of piperidine rings is 1. The zero-order valence-electron chi connectivity index (χ0n) is 28.5. The number of amides is 4. The third kappa shape index (κ3) is 12.9. The highest BCUT2D eigenvalue weighted by Gasteiger charge is 2.51. The van der Waals surface area contributed by atoms with Crippen molar-refractivity contribution < 1.29 is 48.1 Å². The van der Waals surface area contributed by atoms with E-state index < -0.39 is 65.8 Å². The van der Waals surface area contributed by atoms with Crippen LogP contribution in [0.2, 0.25) is 5.82 Å². The number of unbranched alkanes of at least 4 members (excludes halogenated alkanes) is 1. The van der Waals surface area contributed by atoms with Crippen LogP contribution in [-0.2, 0) is 43.0 Å². The number of hydrogen-bond donors (Lipinski definition) is 4. The van der Waals surface area contributed by atoms with Crippen molar-refractivity contribution >= 4 is 49.2 Å². The molecule has 47 heavy (non-hydrogen) atoms. The number of carbonyl (C=O) groups is 7. The Morgan fingerprint density at radius 2 is 1.68 bits per heavy atom. The molecule has 2 rings (SSSR count). The SMILES string of the molecule is [B]C(CCC(=O)OC(C)(C)C)C(=O)N[C@@H]1C(=O)N2C(CC[C@H]2C(=O)NC(C)C(=O)NCCCCC(=O)COCC(=O)O)CC1C(C)C. The average Bonchev–Trinajstić information content (AvgIpc) is 3.40. The average molecular weight is 663 g/mol. The van der Waals surface area contributed by atoms with Crippen LogP contribution in [0.3, 0.4) is 0 Å². The molecule has 2 radical (unpaired) electrons. The summed E-state index contributed by atoms with van der Waals surface area (Å²) in [4.78, 5) is 88.6. The lowest BCUT2D eigenvalue weighted by Gasteiger charge is -2.44. The second kappa shape index (κ2) is 18.2. The van der Waals surface area contributed by atoms with Crippen LogP contribution >= 0.6 is 0 Å². The second-order valence-electron chi connectivity index (χ2n) is 13.8. The number of carboxylic acid groups (broad SMARTS) is 1. The van der Waals surface area contributed by atoms with E-state index in [9.17, 15) is 33.6 Å². The molecule has 4 amide bonds. The summed E-state index contributed by atoms with van der Waals surface area (Å²) in [5, 5.41) is 16.8. The van der Waals surface area contributed by atoms with Crippen LogP contribution in [0, 0.1) is 11.8 Å². The predicted octanol–water partition coefficient (Wildman–Crippen LogP) is 1.05. The molecule has 2 fully saturated rings. The van der Waals surface area contributed by atoms with Gasteiger partial charge in [-0.15, -0.1) is 0 Å². The van der Waals surface area contributed by atoms with Gasteiger partial charge in [-0.25, -0.2) is 4.79 Å². The van der Waals surface area contributed by atoms with Crippen LogP contribution in [0.4, 0.5) is 0 Å². The molecule has 6 atom stereocenters. The van der Waals surface area contributed by atoms with Gasteiger partial charge in [-0.2, -0.15) is 0 Å². The van der Waals surface area contributed by atoms with Crippen LogP contribution in [0.15, 0.2) is 0 Å². The van der Waals surface area contributed by atoms with E-state index in [-0.39, 0.29) is 62.0 Å². The fourth-order valence-corrected chi connectivity index (χ4v) is 5.89. The van der Waals surface area contributed by atoms with E-state index in [1.165, 1.54) is 11.8 Å². The first-order valence-corrected chi connectivity index (χ1v) is 16.4. The van der Waals surface area contributed by atoms with Gasteiger partial charge in [-0.1, -0.05) is 13.8 Å². The van der Waals surface area contributed by atoms with Gasteiger partial charge in [0.05, 0.1) is 7.85 Å². The van der Waals surface area contributed by atoms with E-state index in [2.05, 4.69) is 16.0 Å². The number of carboxylic acids is 1. The predicted molar refractivity (Wildman–Crippen MR) is 171 cm³/mol.